The van der Waals surface area contributed by atoms with Gasteiger partial charge in [0.1, 0.15) is 10.8 Å². The minimum atomic E-state index is -0.495. The zero-order valence-corrected chi connectivity index (χ0v) is 17.6. The van der Waals surface area contributed by atoms with E-state index < -0.39 is 5.41 Å². The second-order valence-electron chi connectivity index (χ2n) is 7.44. The standard InChI is InChI=1S/C20H26ClN3O2S/c1-20(2,14-21)19(25)24-9-7-23(8-10-24)12-18-22-17(13-27-18)15-5-4-6-16(11-15)26-3/h4-6,11,13H,7-10,12,14H2,1-3H3. The van der Waals surface area contributed by atoms with Gasteiger partial charge in [0.2, 0.25) is 5.91 Å². The molecule has 2 aromatic rings. The first-order valence-electron chi connectivity index (χ1n) is 9.09. The molecule has 0 spiro atoms. The zero-order valence-electron chi connectivity index (χ0n) is 16.1. The Hall–Kier alpha value is -1.63. The molecule has 0 bridgehead atoms. The van der Waals surface area contributed by atoms with Crippen LogP contribution in [0.15, 0.2) is 29.6 Å². The molecule has 1 aromatic carbocycles. The maximum atomic E-state index is 12.5. The van der Waals surface area contributed by atoms with Gasteiger partial charge in [0.15, 0.2) is 0 Å². The summed E-state index contributed by atoms with van der Waals surface area (Å²) in [6.45, 7) is 7.83. The molecule has 1 aliphatic rings. The van der Waals surface area contributed by atoms with Crippen LogP contribution in [0.25, 0.3) is 11.3 Å². The van der Waals surface area contributed by atoms with Crippen LogP contribution in [-0.2, 0) is 11.3 Å². The van der Waals surface area contributed by atoms with Crippen molar-refractivity contribution in [2.24, 2.45) is 5.41 Å². The molecule has 0 unspecified atom stereocenters. The molecule has 3 rings (SSSR count). The molecule has 1 saturated heterocycles. The number of thiazole rings is 1. The second-order valence-corrected chi connectivity index (χ2v) is 8.65. The van der Waals surface area contributed by atoms with E-state index in [1.54, 1.807) is 18.4 Å². The van der Waals surface area contributed by atoms with Crippen molar-refractivity contribution in [2.75, 3.05) is 39.2 Å². The third kappa shape index (κ3) is 4.81. The summed E-state index contributed by atoms with van der Waals surface area (Å²) in [6.07, 6.45) is 0. The number of methoxy groups -OCH3 is 1. The number of nitrogens with zero attached hydrogens (tertiary/aromatic N) is 3. The molecular weight excluding hydrogens is 382 g/mol. The summed E-state index contributed by atoms with van der Waals surface area (Å²) in [4.78, 5) is 21.6. The average molecular weight is 408 g/mol. The fourth-order valence-electron chi connectivity index (χ4n) is 3.08. The maximum absolute atomic E-state index is 12.5. The Morgan fingerprint density at radius 3 is 2.70 bits per heavy atom. The summed E-state index contributed by atoms with van der Waals surface area (Å²) in [7, 11) is 1.67. The van der Waals surface area contributed by atoms with Crippen LogP contribution in [0.2, 0.25) is 0 Å². The molecule has 0 N–H and O–H groups in total. The number of carbonyl (C=O) groups excluding carboxylic acids is 1. The van der Waals surface area contributed by atoms with Crippen LogP contribution in [0.3, 0.4) is 0 Å². The maximum Gasteiger partial charge on any atom is 0.229 e. The van der Waals surface area contributed by atoms with Gasteiger partial charge in [-0.1, -0.05) is 12.1 Å². The molecule has 0 saturated carbocycles. The van der Waals surface area contributed by atoms with E-state index in [2.05, 4.69) is 10.3 Å². The number of rotatable bonds is 6. The second kappa shape index (κ2) is 8.59. The van der Waals surface area contributed by atoms with E-state index in [9.17, 15) is 4.79 Å². The lowest BCUT2D eigenvalue weighted by molar-refractivity contribution is -0.141. The van der Waals surface area contributed by atoms with Crippen LogP contribution in [0, 0.1) is 5.41 Å². The molecule has 5 nitrogen and oxygen atoms in total. The molecule has 7 heteroatoms. The summed E-state index contributed by atoms with van der Waals surface area (Å²) >= 11 is 7.62. The van der Waals surface area contributed by atoms with Gasteiger partial charge in [0.25, 0.3) is 0 Å². The van der Waals surface area contributed by atoms with Crippen LogP contribution in [0.5, 0.6) is 5.75 Å². The van der Waals surface area contributed by atoms with Gasteiger partial charge >= 0.3 is 0 Å². The number of amides is 1. The highest BCUT2D eigenvalue weighted by Crippen LogP contribution is 2.26. The summed E-state index contributed by atoms with van der Waals surface area (Å²) in [5, 5.41) is 3.18. The first kappa shape index (κ1) is 20.1. The summed E-state index contributed by atoms with van der Waals surface area (Å²) in [6, 6.07) is 7.96. The smallest absolute Gasteiger partial charge is 0.229 e. The van der Waals surface area contributed by atoms with E-state index in [1.807, 2.05) is 43.0 Å². The number of aromatic nitrogens is 1. The molecule has 0 atom stereocenters. The van der Waals surface area contributed by atoms with E-state index in [4.69, 9.17) is 21.3 Å². The Morgan fingerprint density at radius 2 is 2.04 bits per heavy atom. The summed E-state index contributed by atoms with van der Waals surface area (Å²) in [5.41, 5.74) is 1.55. The Labute approximate surface area is 169 Å². The predicted octanol–water partition coefficient (Wildman–Crippen LogP) is 3.73. The monoisotopic (exact) mass is 407 g/mol. The minimum Gasteiger partial charge on any atom is -0.497 e. The SMILES string of the molecule is COc1cccc(-c2csc(CN3CCN(C(=O)C(C)(C)CCl)CC3)n2)c1. The van der Waals surface area contributed by atoms with Crippen molar-refractivity contribution in [3.63, 3.8) is 0 Å². The molecular formula is C20H26ClN3O2S. The summed E-state index contributed by atoms with van der Waals surface area (Å²) < 4.78 is 5.29. The normalized spacial score (nSPS) is 15.8. The van der Waals surface area contributed by atoms with Crippen LogP contribution >= 0.6 is 22.9 Å². The molecule has 146 valence electrons. The third-order valence-corrected chi connectivity index (χ3v) is 6.35. The van der Waals surface area contributed by atoms with Crippen LogP contribution in [0.1, 0.15) is 18.9 Å². The molecule has 1 aromatic heterocycles. The van der Waals surface area contributed by atoms with Crippen molar-refractivity contribution in [3.8, 4) is 17.0 Å². The Kier molecular flexibility index (Phi) is 6.40. The highest BCUT2D eigenvalue weighted by atomic mass is 35.5. The predicted molar refractivity (Wildman–Crippen MR) is 110 cm³/mol. The molecule has 27 heavy (non-hydrogen) atoms. The summed E-state index contributed by atoms with van der Waals surface area (Å²) in [5.74, 6) is 1.33. The lowest BCUT2D eigenvalue weighted by Gasteiger charge is -2.37. The van der Waals surface area contributed by atoms with Crippen LogP contribution in [0.4, 0.5) is 0 Å². The van der Waals surface area contributed by atoms with Gasteiger partial charge in [-0.15, -0.1) is 22.9 Å². The van der Waals surface area contributed by atoms with E-state index in [0.717, 1.165) is 54.7 Å². The quantitative estimate of drug-likeness (QED) is 0.684. The first-order chi connectivity index (χ1) is 12.9. The Bertz CT molecular complexity index is 785. The van der Waals surface area contributed by atoms with Crippen molar-refractivity contribution in [1.29, 1.82) is 0 Å². The number of piperazine rings is 1. The molecule has 2 heterocycles. The van der Waals surface area contributed by atoms with Gasteiger partial charge in [-0.3, -0.25) is 9.69 Å². The third-order valence-electron chi connectivity index (χ3n) is 4.85. The van der Waals surface area contributed by atoms with E-state index in [1.165, 1.54) is 0 Å². The fourth-order valence-corrected chi connectivity index (χ4v) is 4.04. The number of carbonyl (C=O) groups is 1. The number of hydrogen-bond donors (Lipinski definition) is 0. The number of ether oxygens (including phenoxy) is 1. The van der Waals surface area contributed by atoms with E-state index in [0.29, 0.717) is 5.88 Å². The molecule has 1 aliphatic heterocycles. The van der Waals surface area contributed by atoms with Crippen LogP contribution in [-0.4, -0.2) is 59.9 Å². The minimum absolute atomic E-state index is 0.145. The van der Waals surface area contributed by atoms with Crippen molar-refractivity contribution in [2.45, 2.75) is 20.4 Å². The van der Waals surface area contributed by atoms with Crippen molar-refractivity contribution in [3.05, 3.63) is 34.7 Å². The lowest BCUT2D eigenvalue weighted by atomic mass is 9.94. The molecule has 0 radical (unpaired) electrons. The number of halogens is 1. The van der Waals surface area contributed by atoms with Crippen LogP contribution < -0.4 is 4.74 Å². The highest BCUT2D eigenvalue weighted by molar-refractivity contribution is 7.09. The van der Waals surface area contributed by atoms with Crippen molar-refractivity contribution >= 4 is 28.8 Å². The van der Waals surface area contributed by atoms with Gasteiger partial charge < -0.3 is 9.64 Å². The zero-order chi connectivity index (χ0) is 19.4. The Morgan fingerprint density at radius 1 is 1.30 bits per heavy atom. The highest BCUT2D eigenvalue weighted by Gasteiger charge is 2.33. The number of alkyl halides is 1. The van der Waals surface area contributed by atoms with Crippen molar-refractivity contribution < 1.29 is 9.53 Å². The molecule has 1 amide bonds. The first-order valence-corrected chi connectivity index (χ1v) is 10.5. The number of benzene rings is 1. The van der Waals surface area contributed by atoms with Gasteiger partial charge in [-0.25, -0.2) is 4.98 Å². The van der Waals surface area contributed by atoms with Gasteiger partial charge in [0, 0.05) is 43.0 Å². The fraction of sp³-hybridized carbons (Fsp3) is 0.500. The van der Waals surface area contributed by atoms with Crippen molar-refractivity contribution in [1.82, 2.24) is 14.8 Å². The lowest BCUT2D eigenvalue weighted by Crippen LogP contribution is -2.52. The van der Waals surface area contributed by atoms with Gasteiger partial charge in [-0.05, 0) is 26.0 Å². The Balaban J connectivity index is 1.57. The molecule has 0 aliphatic carbocycles. The van der Waals surface area contributed by atoms with Gasteiger partial charge in [-0.2, -0.15) is 0 Å². The number of hydrogen-bond acceptors (Lipinski definition) is 5. The van der Waals surface area contributed by atoms with E-state index in [-0.39, 0.29) is 5.91 Å². The van der Waals surface area contributed by atoms with Gasteiger partial charge in [0.05, 0.1) is 24.8 Å². The largest absolute Gasteiger partial charge is 0.497 e. The average Bonchev–Trinajstić information content (AvgIpc) is 3.16. The molecule has 1 fully saturated rings. The topological polar surface area (TPSA) is 45.7 Å². The van der Waals surface area contributed by atoms with E-state index >= 15 is 0 Å².